The molecule has 1 nitrogen and oxygen atoms in total. The number of nitrogens with zero attached hydrogens (tertiary/aromatic N) is 1. The summed E-state index contributed by atoms with van der Waals surface area (Å²) in [6.45, 7) is 0.628. The van der Waals surface area contributed by atoms with Gasteiger partial charge in [0.05, 0.1) is 5.92 Å². The van der Waals surface area contributed by atoms with Crippen molar-refractivity contribution < 1.29 is 13.2 Å². The van der Waals surface area contributed by atoms with Crippen molar-refractivity contribution in [1.82, 2.24) is 0 Å². The Morgan fingerprint density at radius 3 is 2.63 bits per heavy atom. The van der Waals surface area contributed by atoms with Gasteiger partial charge in [-0.1, -0.05) is 17.7 Å². The quantitative estimate of drug-likeness (QED) is 0.705. The normalized spacial score (nSPS) is 20.7. The fraction of sp³-hybridized carbons (Fsp3) is 0.538. The molecule has 0 bridgehead atoms. The van der Waals surface area contributed by atoms with Gasteiger partial charge in [0.15, 0.2) is 0 Å². The molecule has 0 amide bonds. The van der Waals surface area contributed by atoms with Crippen LogP contribution in [0.2, 0.25) is 5.02 Å². The number of hydrogen-bond acceptors (Lipinski definition) is 1. The van der Waals surface area contributed by atoms with Gasteiger partial charge in [-0.25, -0.2) is 0 Å². The minimum atomic E-state index is -4.13. The van der Waals surface area contributed by atoms with Gasteiger partial charge in [0, 0.05) is 29.7 Å². The Hall–Kier alpha value is -0.610. The van der Waals surface area contributed by atoms with E-state index in [1.54, 1.807) is 23.1 Å². The highest BCUT2D eigenvalue weighted by Gasteiger charge is 2.41. The van der Waals surface area contributed by atoms with E-state index < -0.39 is 12.1 Å². The zero-order valence-corrected chi connectivity index (χ0v) is 11.7. The smallest absolute Gasteiger partial charge is 0.371 e. The van der Waals surface area contributed by atoms with Gasteiger partial charge in [0.25, 0.3) is 0 Å². The molecule has 0 radical (unpaired) electrons. The first-order valence-electron chi connectivity index (χ1n) is 6.08. The molecule has 1 aromatic rings. The highest BCUT2D eigenvalue weighted by Crippen LogP contribution is 2.35. The van der Waals surface area contributed by atoms with Crippen molar-refractivity contribution in [2.75, 3.05) is 18.0 Å². The summed E-state index contributed by atoms with van der Waals surface area (Å²) >= 11 is 11.7. The Morgan fingerprint density at radius 1 is 1.32 bits per heavy atom. The molecule has 0 spiro atoms. The van der Waals surface area contributed by atoms with Crippen LogP contribution in [-0.4, -0.2) is 19.3 Å². The standard InChI is InChI=1S/C13H14Cl2F3N/c14-7-9-3-4-11(6-12(9)15)19-5-1-2-10(8-19)13(16,17)18/h3-4,6,10H,1-2,5,7-8H2. The summed E-state index contributed by atoms with van der Waals surface area (Å²) in [4.78, 5) is 1.74. The average Bonchev–Trinajstić information content (AvgIpc) is 2.38. The van der Waals surface area contributed by atoms with E-state index in [9.17, 15) is 13.2 Å². The van der Waals surface area contributed by atoms with E-state index in [0.29, 0.717) is 23.9 Å². The van der Waals surface area contributed by atoms with Crippen LogP contribution in [0.1, 0.15) is 18.4 Å². The highest BCUT2D eigenvalue weighted by molar-refractivity contribution is 6.32. The van der Waals surface area contributed by atoms with Gasteiger partial charge in [0.2, 0.25) is 0 Å². The lowest BCUT2D eigenvalue weighted by Crippen LogP contribution is -2.41. The molecule has 1 aliphatic heterocycles. The van der Waals surface area contributed by atoms with Crippen molar-refractivity contribution in [1.29, 1.82) is 0 Å². The number of benzene rings is 1. The van der Waals surface area contributed by atoms with Crippen LogP contribution in [-0.2, 0) is 5.88 Å². The number of halogens is 5. The Morgan fingerprint density at radius 2 is 2.05 bits per heavy atom. The molecular formula is C13H14Cl2F3N. The third-order valence-electron chi connectivity index (χ3n) is 3.43. The van der Waals surface area contributed by atoms with E-state index >= 15 is 0 Å². The third kappa shape index (κ3) is 3.48. The second-order valence-corrected chi connectivity index (χ2v) is 5.41. The lowest BCUT2D eigenvalue weighted by atomic mass is 9.97. The maximum absolute atomic E-state index is 12.8. The highest BCUT2D eigenvalue weighted by atomic mass is 35.5. The Kier molecular flexibility index (Phi) is 4.51. The van der Waals surface area contributed by atoms with Gasteiger partial charge < -0.3 is 4.90 Å². The molecule has 1 saturated heterocycles. The summed E-state index contributed by atoms with van der Waals surface area (Å²) < 4.78 is 38.3. The Labute approximate surface area is 120 Å². The molecule has 1 atom stereocenters. The van der Waals surface area contributed by atoms with Crippen LogP contribution in [0.3, 0.4) is 0 Å². The molecule has 1 aromatic carbocycles. The van der Waals surface area contributed by atoms with Gasteiger partial charge in [-0.3, -0.25) is 0 Å². The number of alkyl halides is 4. The fourth-order valence-electron chi connectivity index (χ4n) is 2.32. The molecule has 1 heterocycles. The van der Waals surface area contributed by atoms with Crippen molar-refractivity contribution in [3.63, 3.8) is 0 Å². The minimum absolute atomic E-state index is 0.0000502. The van der Waals surface area contributed by atoms with Gasteiger partial charge in [-0.15, -0.1) is 11.6 Å². The van der Waals surface area contributed by atoms with E-state index in [-0.39, 0.29) is 13.0 Å². The third-order valence-corrected chi connectivity index (χ3v) is 4.07. The predicted octanol–water partition coefficient (Wildman–Crippen LogP) is 4.86. The fourth-order valence-corrected chi connectivity index (χ4v) is 2.86. The molecule has 0 aliphatic carbocycles. The summed E-state index contributed by atoms with van der Waals surface area (Å²) in [6, 6.07) is 5.24. The molecule has 0 aromatic heterocycles. The number of hydrogen-bond donors (Lipinski definition) is 0. The first-order valence-corrected chi connectivity index (χ1v) is 6.99. The lowest BCUT2D eigenvalue weighted by molar-refractivity contribution is -0.175. The lowest BCUT2D eigenvalue weighted by Gasteiger charge is -2.35. The SMILES string of the molecule is FC(F)(F)C1CCCN(c2ccc(CCl)c(Cl)c2)C1. The summed E-state index contributed by atoms with van der Waals surface area (Å²) in [5.41, 5.74) is 1.52. The van der Waals surface area contributed by atoms with Crippen LogP contribution >= 0.6 is 23.2 Å². The van der Waals surface area contributed by atoms with Gasteiger partial charge in [-0.05, 0) is 30.5 Å². The minimum Gasteiger partial charge on any atom is -0.371 e. The van der Waals surface area contributed by atoms with E-state index in [2.05, 4.69) is 0 Å². The molecule has 1 fully saturated rings. The number of anilines is 1. The van der Waals surface area contributed by atoms with Crippen LogP contribution in [0, 0.1) is 5.92 Å². The monoisotopic (exact) mass is 311 g/mol. The predicted molar refractivity (Wildman–Crippen MR) is 72.0 cm³/mol. The first kappa shape index (κ1) is 14.8. The second-order valence-electron chi connectivity index (χ2n) is 4.74. The molecule has 19 heavy (non-hydrogen) atoms. The maximum Gasteiger partial charge on any atom is 0.393 e. The van der Waals surface area contributed by atoms with Gasteiger partial charge in [-0.2, -0.15) is 13.2 Å². The van der Waals surface area contributed by atoms with E-state index in [1.165, 1.54) is 0 Å². The van der Waals surface area contributed by atoms with Crippen molar-refractivity contribution in [2.24, 2.45) is 5.92 Å². The van der Waals surface area contributed by atoms with Gasteiger partial charge in [0.1, 0.15) is 0 Å². The molecule has 6 heteroatoms. The van der Waals surface area contributed by atoms with Crippen molar-refractivity contribution in [2.45, 2.75) is 24.9 Å². The number of piperidine rings is 1. The molecule has 1 unspecified atom stereocenters. The molecule has 106 valence electrons. The van der Waals surface area contributed by atoms with Crippen molar-refractivity contribution in [3.05, 3.63) is 28.8 Å². The molecular weight excluding hydrogens is 298 g/mol. The molecule has 2 rings (SSSR count). The van der Waals surface area contributed by atoms with E-state index in [1.807, 2.05) is 0 Å². The second kappa shape index (κ2) is 5.80. The topological polar surface area (TPSA) is 3.24 Å². The zero-order valence-electron chi connectivity index (χ0n) is 10.2. The van der Waals surface area contributed by atoms with Crippen LogP contribution in [0.5, 0.6) is 0 Å². The van der Waals surface area contributed by atoms with Gasteiger partial charge >= 0.3 is 6.18 Å². The Bertz CT molecular complexity index is 448. The summed E-state index contributed by atoms with van der Waals surface area (Å²) in [5, 5.41) is 0.502. The summed E-state index contributed by atoms with van der Waals surface area (Å²) in [6.07, 6.45) is -3.38. The molecule has 0 saturated carbocycles. The largest absolute Gasteiger partial charge is 0.393 e. The molecule has 1 aliphatic rings. The summed E-state index contributed by atoms with van der Waals surface area (Å²) in [5.74, 6) is -0.961. The van der Waals surface area contributed by atoms with Crippen LogP contribution in [0.25, 0.3) is 0 Å². The molecule has 0 N–H and O–H groups in total. The number of rotatable bonds is 2. The van der Waals surface area contributed by atoms with Crippen molar-refractivity contribution >= 4 is 28.9 Å². The maximum atomic E-state index is 12.8. The van der Waals surface area contributed by atoms with Crippen LogP contribution < -0.4 is 4.90 Å². The van der Waals surface area contributed by atoms with E-state index in [0.717, 1.165) is 11.3 Å². The van der Waals surface area contributed by atoms with Crippen LogP contribution in [0.15, 0.2) is 18.2 Å². The Balaban J connectivity index is 2.15. The van der Waals surface area contributed by atoms with Crippen molar-refractivity contribution in [3.8, 4) is 0 Å². The van der Waals surface area contributed by atoms with Crippen LogP contribution in [0.4, 0.5) is 18.9 Å². The zero-order chi connectivity index (χ0) is 14.0. The average molecular weight is 312 g/mol. The van der Waals surface area contributed by atoms with E-state index in [4.69, 9.17) is 23.2 Å². The summed E-state index contributed by atoms with van der Waals surface area (Å²) in [7, 11) is 0. The first-order chi connectivity index (χ1) is 8.91.